The summed E-state index contributed by atoms with van der Waals surface area (Å²) in [4.78, 5) is 57.3. The molecule has 278 valence electrons. The van der Waals surface area contributed by atoms with E-state index in [-0.39, 0.29) is 23.7 Å². The lowest BCUT2D eigenvalue weighted by Crippen LogP contribution is -2.71. The second kappa shape index (κ2) is 16.9. The number of benzene rings is 4. The first kappa shape index (κ1) is 39.4. The van der Waals surface area contributed by atoms with Crippen molar-refractivity contribution in [3.05, 3.63) is 121 Å². The van der Waals surface area contributed by atoms with E-state index in [0.717, 1.165) is 21.5 Å². The molecule has 1 aliphatic heterocycles. The SMILES string of the molecule is COc1ccc(COC(=O)C(N2C(=O)[C@H]([C@@H](C)O[Si](C)(C)C)[C@H]2[C@@H](C)C(=O)COC(C)=O)=P(c2ccccc2)(c2ccccc2)c2ccccc2)cc1. The molecule has 0 spiro atoms. The van der Waals surface area contributed by atoms with E-state index in [1.165, 1.54) is 11.8 Å². The number of ether oxygens (including phenoxy) is 3. The molecule has 1 aliphatic rings. The summed E-state index contributed by atoms with van der Waals surface area (Å²) in [5.41, 5.74) is 0.890. The summed E-state index contributed by atoms with van der Waals surface area (Å²) in [6.45, 7) is 7.16. The molecule has 0 bridgehead atoms. The molecule has 53 heavy (non-hydrogen) atoms. The van der Waals surface area contributed by atoms with E-state index in [9.17, 15) is 14.4 Å². The molecule has 0 saturated carbocycles. The molecule has 0 unspecified atom stereocenters. The Morgan fingerprint density at radius 1 is 0.755 bits per heavy atom. The van der Waals surface area contributed by atoms with Gasteiger partial charge in [0.1, 0.15) is 24.4 Å². The van der Waals surface area contributed by atoms with Gasteiger partial charge in [0.2, 0.25) is 5.91 Å². The van der Waals surface area contributed by atoms with E-state index >= 15 is 4.79 Å². The number of Topliss-reactive ketones (excluding diaryl/α,β-unsaturated/α-hetero) is 1. The zero-order chi connectivity index (χ0) is 38.3. The van der Waals surface area contributed by atoms with E-state index < -0.39 is 57.7 Å². The van der Waals surface area contributed by atoms with Crippen LogP contribution in [0.3, 0.4) is 0 Å². The maximum atomic E-state index is 15.2. The van der Waals surface area contributed by atoms with Crippen LogP contribution in [0.4, 0.5) is 0 Å². The summed E-state index contributed by atoms with van der Waals surface area (Å²) in [6, 6.07) is 35.5. The van der Waals surface area contributed by atoms with Crippen LogP contribution in [-0.4, -0.2) is 68.1 Å². The minimum Gasteiger partial charge on any atom is -0.497 e. The number of methoxy groups -OCH3 is 1. The molecule has 1 heterocycles. The first-order valence-corrected chi connectivity index (χ1v) is 22.9. The number of likely N-dealkylation sites (tertiary alicyclic amines) is 1. The van der Waals surface area contributed by atoms with Crippen molar-refractivity contribution >= 4 is 60.2 Å². The molecule has 0 radical (unpaired) electrons. The molecule has 0 aliphatic carbocycles. The van der Waals surface area contributed by atoms with Gasteiger partial charge in [-0.3, -0.25) is 14.4 Å². The number of hydrogen-bond acceptors (Lipinski definition) is 8. The maximum Gasteiger partial charge on any atom is 0.356 e. The van der Waals surface area contributed by atoms with Crippen LogP contribution >= 0.6 is 6.89 Å². The predicted molar refractivity (Wildman–Crippen MR) is 212 cm³/mol. The number of carbonyl (C=O) groups excluding carboxylic acids is 4. The molecule has 1 amide bonds. The van der Waals surface area contributed by atoms with Gasteiger partial charge in [0.25, 0.3) is 0 Å². The van der Waals surface area contributed by atoms with Crippen molar-refractivity contribution in [1.29, 1.82) is 0 Å². The summed E-state index contributed by atoms with van der Waals surface area (Å²) in [7, 11) is -0.584. The Bertz CT molecular complexity index is 1860. The molecule has 4 aromatic carbocycles. The first-order valence-electron chi connectivity index (χ1n) is 17.7. The van der Waals surface area contributed by atoms with E-state index in [0.29, 0.717) is 5.75 Å². The van der Waals surface area contributed by atoms with Crippen LogP contribution in [0.2, 0.25) is 19.6 Å². The number of esters is 2. The number of hydrogen-bond donors (Lipinski definition) is 0. The lowest BCUT2D eigenvalue weighted by atomic mass is 9.75. The fourth-order valence-corrected chi connectivity index (χ4v) is 12.7. The molecule has 5 rings (SSSR count). The van der Waals surface area contributed by atoms with Gasteiger partial charge < -0.3 is 23.5 Å². The van der Waals surface area contributed by atoms with Crippen LogP contribution < -0.4 is 20.7 Å². The second-order valence-electron chi connectivity index (χ2n) is 14.1. The van der Waals surface area contributed by atoms with E-state index in [1.54, 1.807) is 26.2 Å². The summed E-state index contributed by atoms with van der Waals surface area (Å²) in [6.07, 6.45) is -0.561. The largest absolute Gasteiger partial charge is 0.497 e. The predicted octanol–water partition coefficient (Wildman–Crippen LogP) is 5.70. The lowest BCUT2D eigenvalue weighted by Gasteiger charge is -2.54. The number of ketones is 1. The fourth-order valence-electron chi connectivity index (χ4n) is 7.02. The molecule has 4 aromatic rings. The lowest BCUT2D eigenvalue weighted by molar-refractivity contribution is -0.163. The molecular weight excluding hydrogens is 706 g/mol. The number of β-lactam (4-membered cyclic amide) rings is 1. The van der Waals surface area contributed by atoms with Crippen molar-refractivity contribution in [3.8, 4) is 5.75 Å². The highest BCUT2D eigenvalue weighted by atomic mass is 31.2. The van der Waals surface area contributed by atoms with E-state index in [2.05, 4.69) is 0 Å². The number of rotatable bonds is 15. The highest BCUT2D eigenvalue weighted by Crippen LogP contribution is 2.50. The van der Waals surface area contributed by atoms with Crippen molar-refractivity contribution in [1.82, 2.24) is 4.90 Å². The molecule has 1 saturated heterocycles. The monoisotopic (exact) mass is 753 g/mol. The third kappa shape index (κ3) is 8.56. The van der Waals surface area contributed by atoms with Crippen LogP contribution in [0.5, 0.6) is 5.75 Å². The van der Waals surface area contributed by atoms with Crippen molar-refractivity contribution in [2.45, 2.75) is 59.2 Å². The van der Waals surface area contributed by atoms with Crippen molar-refractivity contribution in [2.75, 3.05) is 13.7 Å². The second-order valence-corrected chi connectivity index (χ2v) is 21.9. The Kier molecular flexibility index (Phi) is 12.6. The zero-order valence-electron chi connectivity index (χ0n) is 31.4. The first-order chi connectivity index (χ1) is 25.3. The van der Waals surface area contributed by atoms with Crippen molar-refractivity contribution in [3.63, 3.8) is 0 Å². The van der Waals surface area contributed by atoms with Gasteiger partial charge in [-0.25, -0.2) is 4.79 Å². The molecule has 11 heteroatoms. The summed E-state index contributed by atoms with van der Waals surface area (Å²) in [5, 5.41) is 2.48. The maximum absolute atomic E-state index is 15.2. The van der Waals surface area contributed by atoms with Gasteiger partial charge in [0.15, 0.2) is 14.1 Å². The van der Waals surface area contributed by atoms with Gasteiger partial charge in [-0.05, 0) is 60.2 Å². The topological polar surface area (TPSA) is 108 Å². The molecule has 0 N–H and O–H groups in total. The number of carbonyl (C=O) groups is 4. The van der Waals surface area contributed by atoms with E-state index in [4.69, 9.17) is 18.6 Å². The van der Waals surface area contributed by atoms with E-state index in [1.807, 2.05) is 130 Å². The third-order valence-corrected chi connectivity index (χ3v) is 14.7. The minimum absolute atomic E-state index is 0.0725. The van der Waals surface area contributed by atoms with Crippen LogP contribution in [-0.2, 0) is 39.7 Å². The normalized spacial score (nSPS) is 16.9. The molecule has 0 aromatic heterocycles. The third-order valence-electron chi connectivity index (χ3n) is 9.36. The van der Waals surface area contributed by atoms with Gasteiger partial charge in [0, 0.05) is 19.7 Å². The Balaban J connectivity index is 1.83. The number of amides is 1. The molecular formula is C42H48NO8PSi. The molecule has 9 nitrogen and oxygen atoms in total. The van der Waals surface area contributed by atoms with Crippen molar-refractivity contribution < 1.29 is 37.8 Å². The highest BCUT2D eigenvalue weighted by Gasteiger charge is 2.58. The van der Waals surface area contributed by atoms with Gasteiger partial charge in [-0.15, -0.1) is 0 Å². The number of nitrogens with zero attached hydrogens (tertiary/aromatic N) is 1. The minimum atomic E-state index is -3.25. The van der Waals surface area contributed by atoms with Gasteiger partial charge in [-0.1, -0.05) is 110 Å². The summed E-state index contributed by atoms with van der Waals surface area (Å²) in [5.74, 6) is -2.91. The quantitative estimate of drug-likeness (QED) is 0.0660. The molecule has 1 fully saturated rings. The Labute approximate surface area is 313 Å². The van der Waals surface area contributed by atoms with Gasteiger partial charge >= 0.3 is 11.9 Å². The Hall–Kier alpha value is -4.76. The summed E-state index contributed by atoms with van der Waals surface area (Å²) < 4.78 is 23.2. The average molecular weight is 754 g/mol. The van der Waals surface area contributed by atoms with Crippen LogP contribution in [0.1, 0.15) is 26.3 Å². The van der Waals surface area contributed by atoms with Gasteiger partial charge in [0.05, 0.1) is 25.2 Å². The fraction of sp³-hybridized carbons (Fsp3) is 0.310. The van der Waals surface area contributed by atoms with Crippen LogP contribution in [0, 0.1) is 11.8 Å². The zero-order valence-corrected chi connectivity index (χ0v) is 33.2. The van der Waals surface area contributed by atoms with Crippen molar-refractivity contribution in [2.24, 2.45) is 11.8 Å². The highest BCUT2D eigenvalue weighted by molar-refractivity contribution is 7.96. The Morgan fingerprint density at radius 3 is 1.68 bits per heavy atom. The van der Waals surface area contributed by atoms with Crippen LogP contribution in [0.25, 0.3) is 0 Å². The Morgan fingerprint density at radius 2 is 1.25 bits per heavy atom. The smallest absolute Gasteiger partial charge is 0.356 e. The standard InChI is InChI=1S/C42H48NO8PSi/c1-29(37(45)28-49-31(3)44)39-38(30(2)51-53(5,6)7)40(46)43(39)41(42(47)50-27-32-23-25-33(48-4)26-24-32)52(34-17-11-8-12-18-34,35-19-13-9-14-20-35)36-21-15-10-16-22-36/h8-26,29-30,38-39H,27-28H2,1-7H3/t29-,30+,38+,39+/m0/s1. The molecule has 4 atom stereocenters. The summed E-state index contributed by atoms with van der Waals surface area (Å²) >= 11 is 0. The van der Waals surface area contributed by atoms with Gasteiger partial charge in [-0.2, -0.15) is 0 Å². The van der Waals surface area contributed by atoms with Crippen LogP contribution in [0.15, 0.2) is 115 Å². The average Bonchev–Trinajstić information content (AvgIpc) is 3.15.